The minimum Gasteiger partial charge on any atom is -0.355 e. The van der Waals surface area contributed by atoms with Crippen molar-refractivity contribution in [3.63, 3.8) is 0 Å². The number of H-pyrrole nitrogens is 1. The second kappa shape index (κ2) is 5.01. The van der Waals surface area contributed by atoms with Crippen molar-refractivity contribution in [3.8, 4) is 0 Å². The third-order valence-corrected chi connectivity index (χ3v) is 2.13. The Hall–Kier alpha value is -2.02. The lowest BCUT2D eigenvalue weighted by Crippen LogP contribution is -1.80. The van der Waals surface area contributed by atoms with Crippen LogP contribution in [0.4, 0.5) is 0 Å². The van der Waals surface area contributed by atoms with Gasteiger partial charge in [0.25, 0.3) is 0 Å². The minimum atomic E-state index is 0.969. The average Bonchev–Trinajstić information content (AvgIpc) is 2.68. The van der Waals surface area contributed by atoms with Crippen molar-refractivity contribution in [2.75, 3.05) is 0 Å². The molecule has 0 radical (unpaired) electrons. The Kier molecular flexibility index (Phi) is 3.69. The van der Waals surface area contributed by atoms with E-state index in [1.54, 1.807) is 24.3 Å². The summed E-state index contributed by atoms with van der Waals surface area (Å²) in [6, 6.07) is 2.01. The van der Waals surface area contributed by atoms with Crippen LogP contribution in [-0.4, -0.2) is 4.98 Å². The Morgan fingerprint density at radius 3 is 2.27 bits per heavy atom. The highest BCUT2D eigenvalue weighted by Crippen LogP contribution is 2.20. The maximum Gasteiger partial charge on any atom is 0.0464 e. The number of hydrogen-bond acceptors (Lipinski definition) is 0. The second-order valence-corrected chi connectivity index (χ2v) is 3.02. The molecule has 1 heteroatoms. The molecule has 0 aromatic carbocycles. The fourth-order valence-electron chi connectivity index (χ4n) is 1.37. The Morgan fingerprint density at radius 1 is 1.13 bits per heavy atom. The summed E-state index contributed by atoms with van der Waals surface area (Å²) in [5, 5.41) is 0. The lowest BCUT2D eigenvalue weighted by molar-refractivity contribution is 1.33. The molecule has 0 bridgehead atoms. The van der Waals surface area contributed by atoms with E-state index in [-0.39, 0.29) is 0 Å². The number of nitrogens with one attached hydrogen (secondary N) is 1. The van der Waals surface area contributed by atoms with E-state index in [0.717, 1.165) is 22.5 Å². The van der Waals surface area contributed by atoms with E-state index in [9.17, 15) is 0 Å². The highest BCUT2D eigenvalue weighted by atomic mass is 14.7. The van der Waals surface area contributed by atoms with Crippen molar-refractivity contribution in [1.82, 2.24) is 4.98 Å². The van der Waals surface area contributed by atoms with Gasteiger partial charge in [0.05, 0.1) is 0 Å². The Morgan fingerprint density at radius 2 is 1.87 bits per heavy atom. The van der Waals surface area contributed by atoms with E-state index >= 15 is 0 Å². The highest BCUT2D eigenvalue weighted by molar-refractivity contribution is 5.76. The highest BCUT2D eigenvalue weighted by Gasteiger charge is 2.04. The summed E-state index contributed by atoms with van der Waals surface area (Å²) in [6.45, 7) is 14.9. The number of aromatic nitrogens is 1. The smallest absolute Gasteiger partial charge is 0.0464 e. The molecule has 76 valence electrons. The first-order chi connectivity index (χ1) is 7.26. The van der Waals surface area contributed by atoms with Crippen LogP contribution in [-0.2, 0) is 0 Å². The summed E-state index contributed by atoms with van der Waals surface area (Å²) in [6.07, 6.45) is 8.99. The van der Waals surface area contributed by atoms with Gasteiger partial charge in [0.2, 0.25) is 0 Å². The fourth-order valence-corrected chi connectivity index (χ4v) is 1.37. The topological polar surface area (TPSA) is 15.8 Å². The van der Waals surface area contributed by atoms with Crippen LogP contribution in [0.2, 0.25) is 0 Å². The molecule has 1 aromatic heterocycles. The first-order valence-electron chi connectivity index (χ1n) is 4.70. The van der Waals surface area contributed by atoms with Crippen molar-refractivity contribution in [2.24, 2.45) is 0 Å². The fraction of sp³-hybridized carbons (Fsp3) is 0. The third kappa shape index (κ3) is 2.26. The van der Waals surface area contributed by atoms with Crippen LogP contribution in [0.15, 0.2) is 50.6 Å². The Bertz CT molecular complexity index is 405. The summed E-state index contributed by atoms with van der Waals surface area (Å²) in [5.41, 5.74) is 4.00. The molecular formula is C14H15N. The van der Waals surface area contributed by atoms with Gasteiger partial charge in [0.1, 0.15) is 0 Å². The lowest BCUT2D eigenvalue weighted by Gasteiger charge is -1.95. The molecule has 0 aliphatic carbocycles. The first kappa shape index (κ1) is 11.1. The molecule has 0 unspecified atom stereocenters. The molecule has 15 heavy (non-hydrogen) atoms. The van der Waals surface area contributed by atoms with Crippen LogP contribution in [0.25, 0.3) is 17.7 Å². The monoisotopic (exact) mass is 197 g/mol. The molecular weight excluding hydrogens is 182 g/mol. The summed E-state index contributed by atoms with van der Waals surface area (Å²) in [7, 11) is 0. The largest absolute Gasteiger partial charge is 0.355 e. The van der Waals surface area contributed by atoms with E-state index in [2.05, 4.69) is 31.3 Å². The molecule has 0 aliphatic heterocycles. The second-order valence-electron chi connectivity index (χ2n) is 3.02. The third-order valence-electron chi connectivity index (χ3n) is 2.13. The molecule has 1 nitrogen and oxygen atoms in total. The van der Waals surface area contributed by atoms with Gasteiger partial charge in [-0.05, 0) is 23.3 Å². The normalized spacial score (nSPS) is 10.8. The van der Waals surface area contributed by atoms with Crippen LogP contribution in [0, 0.1) is 0 Å². The number of hydrogen-bond donors (Lipinski definition) is 1. The molecule has 0 amide bonds. The molecule has 0 atom stereocenters. The van der Waals surface area contributed by atoms with E-state index in [0.29, 0.717) is 0 Å². The molecule has 1 N–H and O–H groups in total. The molecule has 0 saturated carbocycles. The van der Waals surface area contributed by atoms with Gasteiger partial charge in [-0.3, -0.25) is 0 Å². The summed E-state index contributed by atoms with van der Waals surface area (Å²) in [4.78, 5) is 3.24. The average molecular weight is 197 g/mol. The zero-order chi connectivity index (χ0) is 11.3. The predicted molar refractivity (Wildman–Crippen MR) is 69.3 cm³/mol. The summed E-state index contributed by atoms with van der Waals surface area (Å²) in [5.74, 6) is 0. The molecule has 1 aromatic rings. The van der Waals surface area contributed by atoms with E-state index in [1.165, 1.54) is 0 Å². The zero-order valence-electron chi connectivity index (χ0n) is 8.79. The van der Waals surface area contributed by atoms with Crippen LogP contribution < -0.4 is 0 Å². The predicted octanol–water partition coefficient (Wildman–Crippen LogP) is 4.06. The first-order valence-corrected chi connectivity index (χ1v) is 4.70. The van der Waals surface area contributed by atoms with Gasteiger partial charge in [-0.15, -0.1) is 0 Å². The van der Waals surface area contributed by atoms with Gasteiger partial charge in [0, 0.05) is 11.4 Å². The van der Waals surface area contributed by atoms with Crippen LogP contribution in [0.3, 0.4) is 0 Å². The van der Waals surface area contributed by atoms with Gasteiger partial charge in [-0.25, -0.2) is 0 Å². The van der Waals surface area contributed by atoms with Crippen LogP contribution in [0.1, 0.15) is 17.0 Å². The number of rotatable bonds is 5. The van der Waals surface area contributed by atoms with E-state index < -0.39 is 0 Å². The summed E-state index contributed by atoms with van der Waals surface area (Å²) >= 11 is 0. The maximum atomic E-state index is 3.76. The van der Waals surface area contributed by atoms with Crippen molar-refractivity contribution in [1.29, 1.82) is 0 Å². The van der Waals surface area contributed by atoms with Gasteiger partial charge < -0.3 is 4.98 Å². The van der Waals surface area contributed by atoms with Crippen molar-refractivity contribution in [3.05, 3.63) is 67.6 Å². The molecule has 1 rings (SSSR count). The van der Waals surface area contributed by atoms with E-state index in [1.807, 2.05) is 12.1 Å². The van der Waals surface area contributed by atoms with Gasteiger partial charge in [-0.1, -0.05) is 50.6 Å². The van der Waals surface area contributed by atoms with E-state index in [4.69, 9.17) is 0 Å². The Labute approximate surface area is 90.8 Å². The van der Waals surface area contributed by atoms with Gasteiger partial charge in [-0.2, -0.15) is 0 Å². The quantitative estimate of drug-likeness (QED) is 0.685. The van der Waals surface area contributed by atoms with Crippen molar-refractivity contribution in [2.45, 2.75) is 0 Å². The molecule has 0 fully saturated rings. The van der Waals surface area contributed by atoms with Gasteiger partial charge in [0.15, 0.2) is 0 Å². The van der Waals surface area contributed by atoms with Crippen LogP contribution >= 0.6 is 0 Å². The lowest BCUT2D eigenvalue weighted by atomic mass is 10.1. The minimum absolute atomic E-state index is 0.969. The zero-order valence-corrected chi connectivity index (χ0v) is 8.79. The summed E-state index contributed by atoms with van der Waals surface area (Å²) < 4.78 is 0. The SMILES string of the molecule is C=C/C=C(\C=C)c1cc(C=C)c(C=C)[nH]1. The maximum absolute atomic E-state index is 3.76. The van der Waals surface area contributed by atoms with Gasteiger partial charge >= 0.3 is 0 Å². The van der Waals surface area contributed by atoms with Crippen molar-refractivity contribution < 1.29 is 0 Å². The Balaban J connectivity index is 3.25. The number of aromatic amines is 1. The molecule has 0 saturated heterocycles. The van der Waals surface area contributed by atoms with Crippen LogP contribution in [0.5, 0.6) is 0 Å². The van der Waals surface area contributed by atoms with Crippen molar-refractivity contribution >= 4 is 17.7 Å². The molecule has 0 aliphatic rings. The molecule has 0 spiro atoms. The standard InChI is InChI=1S/C14H15N/c1-5-9-11(6-2)14-10-12(7-3)13(8-4)15-14/h5-10,15H,1-4H2/b11-9+. The molecule has 1 heterocycles. The number of allylic oxidation sites excluding steroid dienone is 4.